The number of ether oxygens (including phenoxy) is 1. The number of nitrogens with zero attached hydrogens (tertiary/aromatic N) is 3. The van der Waals surface area contributed by atoms with E-state index >= 15 is 0 Å². The molecule has 2 fully saturated rings. The average Bonchev–Trinajstić information content (AvgIpc) is 3.54. The number of nitrogens with one attached hydrogen (secondary N) is 1. The fourth-order valence-corrected chi connectivity index (χ4v) is 5.32. The van der Waals surface area contributed by atoms with E-state index < -0.39 is 0 Å². The number of rotatable bonds is 6. The van der Waals surface area contributed by atoms with Crippen LogP contribution in [-0.2, 0) is 0 Å². The molecule has 1 aliphatic carbocycles. The molecular formula is C25H28N4OS. The van der Waals surface area contributed by atoms with Crippen molar-refractivity contribution in [1.82, 2.24) is 14.9 Å². The van der Waals surface area contributed by atoms with Gasteiger partial charge in [-0.15, -0.1) is 0 Å². The van der Waals surface area contributed by atoms with Gasteiger partial charge in [0.05, 0.1) is 18.3 Å². The normalized spacial score (nSPS) is 21.5. The molecule has 0 bridgehead atoms. The van der Waals surface area contributed by atoms with Gasteiger partial charge in [-0.3, -0.25) is 4.98 Å². The number of thiocarbonyl (C=S) groups is 1. The summed E-state index contributed by atoms with van der Waals surface area (Å²) in [5, 5.41) is 4.29. The van der Waals surface area contributed by atoms with E-state index in [1.807, 2.05) is 37.4 Å². The molecule has 2 atom stereocenters. The van der Waals surface area contributed by atoms with Crippen LogP contribution in [0, 0.1) is 0 Å². The molecule has 0 amide bonds. The van der Waals surface area contributed by atoms with Crippen LogP contribution < -0.4 is 15.0 Å². The highest BCUT2D eigenvalue weighted by molar-refractivity contribution is 7.80. The van der Waals surface area contributed by atoms with Gasteiger partial charge in [-0.1, -0.05) is 18.9 Å². The third-order valence-corrected chi connectivity index (χ3v) is 6.67. The third kappa shape index (κ3) is 3.81. The molecule has 1 N–H and O–H groups in total. The first-order chi connectivity index (χ1) is 15.3. The molecule has 0 spiro atoms. The van der Waals surface area contributed by atoms with Crippen molar-refractivity contribution in [3.63, 3.8) is 0 Å². The van der Waals surface area contributed by atoms with Gasteiger partial charge in [-0.05, 0) is 80.5 Å². The van der Waals surface area contributed by atoms with E-state index in [0.29, 0.717) is 12.6 Å². The van der Waals surface area contributed by atoms with Crippen molar-refractivity contribution in [3.05, 3.63) is 78.4 Å². The van der Waals surface area contributed by atoms with Gasteiger partial charge in [-0.2, -0.15) is 0 Å². The molecule has 1 aliphatic heterocycles. The topological polar surface area (TPSA) is 42.3 Å². The second-order valence-corrected chi connectivity index (χ2v) is 8.59. The van der Waals surface area contributed by atoms with Crippen molar-refractivity contribution in [1.29, 1.82) is 0 Å². The van der Waals surface area contributed by atoms with E-state index in [1.54, 1.807) is 0 Å². The quantitative estimate of drug-likeness (QED) is 0.516. The van der Waals surface area contributed by atoms with Crippen LogP contribution in [0.3, 0.4) is 0 Å². The average molecular weight is 433 g/mol. The number of anilines is 1. The van der Waals surface area contributed by atoms with Crippen LogP contribution in [0.15, 0.2) is 67.0 Å². The van der Waals surface area contributed by atoms with E-state index in [0.717, 1.165) is 22.2 Å². The van der Waals surface area contributed by atoms with Crippen LogP contribution in [0.25, 0.3) is 0 Å². The molecule has 0 unspecified atom stereocenters. The Morgan fingerprint density at radius 2 is 1.87 bits per heavy atom. The largest absolute Gasteiger partial charge is 0.494 e. The summed E-state index contributed by atoms with van der Waals surface area (Å²) in [6.45, 7) is 2.65. The molecule has 2 aliphatic rings. The molecule has 5 rings (SSSR count). The van der Waals surface area contributed by atoms with E-state index in [4.69, 9.17) is 17.0 Å². The van der Waals surface area contributed by atoms with E-state index in [1.165, 1.54) is 31.4 Å². The van der Waals surface area contributed by atoms with Crippen LogP contribution >= 0.6 is 12.2 Å². The molecule has 2 aromatic heterocycles. The van der Waals surface area contributed by atoms with E-state index in [9.17, 15) is 0 Å². The maximum atomic E-state index is 5.86. The summed E-state index contributed by atoms with van der Waals surface area (Å²) in [5.41, 5.74) is 3.34. The zero-order chi connectivity index (χ0) is 21.2. The molecule has 1 aromatic carbocycles. The van der Waals surface area contributed by atoms with Crippen molar-refractivity contribution in [3.8, 4) is 5.75 Å². The smallest absolute Gasteiger partial charge is 0.174 e. The Bertz CT molecular complexity index is 1030. The first kappa shape index (κ1) is 20.1. The van der Waals surface area contributed by atoms with Crippen molar-refractivity contribution in [2.75, 3.05) is 11.5 Å². The van der Waals surface area contributed by atoms with E-state index in [-0.39, 0.29) is 12.1 Å². The number of aromatic nitrogens is 2. The molecule has 3 aromatic rings. The third-order valence-electron chi connectivity index (χ3n) is 6.36. The highest BCUT2D eigenvalue weighted by Gasteiger charge is 2.42. The Balaban J connectivity index is 1.58. The van der Waals surface area contributed by atoms with Gasteiger partial charge in [-0.25, -0.2) is 0 Å². The zero-order valence-electron chi connectivity index (χ0n) is 17.8. The van der Waals surface area contributed by atoms with E-state index in [2.05, 4.69) is 56.3 Å². The Kier molecular flexibility index (Phi) is 5.64. The minimum absolute atomic E-state index is 0.0182. The maximum absolute atomic E-state index is 5.86. The number of pyridine rings is 1. The molecular weight excluding hydrogens is 404 g/mol. The fourth-order valence-electron chi connectivity index (χ4n) is 4.98. The monoisotopic (exact) mass is 432 g/mol. The number of benzene rings is 1. The Labute approximate surface area is 189 Å². The minimum atomic E-state index is -0.0182. The highest BCUT2D eigenvalue weighted by atomic mass is 32.1. The van der Waals surface area contributed by atoms with Crippen LogP contribution in [0.4, 0.5) is 5.69 Å². The summed E-state index contributed by atoms with van der Waals surface area (Å²) < 4.78 is 8.12. The first-order valence-electron chi connectivity index (χ1n) is 11.2. The summed E-state index contributed by atoms with van der Waals surface area (Å²) in [6.07, 6.45) is 9.17. The Hall–Kier alpha value is -2.86. The van der Waals surface area contributed by atoms with Gasteiger partial charge in [0.15, 0.2) is 5.11 Å². The van der Waals surface area contributed by atoms with Crippen molar-refractivity contribution >= 4 is 23.0 Å². The summed E-state index contributed by atoms with van der Waals surface area (Å²) in [6, 6.07) is 19.3. The van der Waals surface area contributed by atoms with Gasteiger partial charge in [0, 0.05) is 29.8 Å². The molecule has 1 saturated heterocycles. The predicted molar refractivity (Wildman–Crippen MR) is 127 cm³/mol. The molecule has 6 heteroatoms. The minimum Gasteiger partial charge on any atom is -0.494 e. The SMILES string of the molecule is CCOc1ccc(N2C(=S)N[C@H](c3ccccn3)[C@H]2c2cccn2C2CCCC2)cc1. The van der Waals surface area contributed by atoms with Crippen LogP contribution in [-0.4, -0.2) is 21.3 Å². The molecule has 5 nitrogen and oxygen atoms in total. The zero-order valence-corrected chi connectivity index (χ0v) is 18.6. The van der Waals surface area contributed by atoms with Crippen molar-refractivity contribution in [2.24, 2.45) is 0 Å². The Morgan fingerprint density at radius 1 is 1.06 bits per heavy atom. The van der Waals surface area contributed by atoms with Crippen molar-refractivity contribution in [2.45, 2.75) is 50.7 Å². The van der Waals surface area contributed by atoms with Crippen LogP contribution in [0.1, 0.15) is 62.1 Å². The Morgan fingerprint density at radius 3 is 2.58 bits per heavy atom. The van der Waals surface area contributed by atoms with Crippen LogP contribution in [0.2, 0.25) is 0 Å². The second-order valence-electron chi connectivity index (χ2n) is 8.20. The van der Waals surface area contributed by atoms with Crippen LogP contribution in [0.5, 0.6) is 5.75 Å². The summed E-state index contributed by atoms with van der Waals surface area (Å²) >= 11 is 5.86. The lowest BCUT2D eigenvalue weighted by atomic mass is 10.00. The second kappa shape index (κ2) is 8.71. The summed E-state index contributed by atoms with van der Waals surface area (Å²) in [5.74, 6) is 0.872. The van der Waals surface area contributed by atoms with Gasteiger partial charge in [0.2, 0.25) is 0 Å². The van der Waals surface area contributed by atoms with Gasteiger partial charge in [0.1, 0.15) is 11.8 Å². The molecule has 31 heavy (non-hydrogen) atoms. The molecule has 1 saturated carbocycles. The van der Waals surface area contributed by atoms with Crippen molar-refractivity contribution < 1.29 is 4.74 Å². The summed E-state index contributed by atoms with van der Waals surface area (Å²) in [7, 11) is 0. The predicted octanol–water partition coefficient (Wildman–Crippen LogP) is 5.57. The van der Waals surface area contributed by atoms with Gasteiger partial charge >= 0.3 is 0 Å². The molecule has 0 radical (unpaired) electrons. The van der Waals surface area contributed by atoms with Gasteiger partial charge < -0.3 is 19.5 Å². The lowest BCUT2D eigenvalue weighted by molar-refractivity contribution is 0.340. The molecule has 3 heterocycles. The summed E-state index contributed by atoms with van der Waals surface area (Å²) in [4.78, 5) is 6.91. The van der Waals surface area contributed by atoms with Gasteiger partial charge in [0.25, 0.3) is 0 Å². The fraction of sp³-hybridized carbons (Fsp3) is 0.360. The highest BCUT2D eigenvalue weighted by Crippen LogP contribution is 2.43. The first-order valence-corrected chi connectivity index (χ1v) is 11.6. The lowest BCUT2D eigenvalue weighted by Crippen LogP contribution is -2.30. The molecule has 160 valence electrons. The maximum Gasteiger partial charge on any atom is 0.174 e. The number of hydrogen-bond donors (Lipinski definition) is 1. The standard InChI is InChI=1S/C25H28N4OS/c1-2-30-20-14-12-19(13-15-20)29-24(22-11-7-17-28(22)18-8-3-4-9-18)23(27-25(29)31)21-10-5-6-16-26-21/h5-7,10-18,23-24H,2-4,8-9H2,1H3,(H,27,31)/t23-,24-/m1/s1. The lowest BCUT2D eigenvalue weighted by Gasteiger charge is -2.30. The number of hydrogen-bond acceptors (Lipinski definition) is 3.